The van der Waals surface area contributed by atoms with Crippen molar-refractivity contribution in [2.75, 3.05) is 11.4 Å². The average Bonchev–Trinajstić information content (AvgIpc) is 2.85. The number of nitrogens with zero attached hydrogens (tertiary/aromatic N) is 3. The number of nitrogens with two attached hydrogens (primary N) is 1. The smallest absolute Gasteiger partial charge is 0.240 e. The number of aromatic nitrogens is 2. The summed E-state index contributed by atoms with van der Waals surface area (Å²) in [6, 6.07) is 1.65. The number of amides is 1. The van der Waals surface area contributed by atoms with Gasteiger partial charge in [0.05, 0.1) is 5.39 Å². The molecule has 100 valence electrons. The van der Waals surface area contributed by atoms with E-state index in [0.717, 1.165) is 41.8 Å². The van der Waals surface area contributed by atoms with Gasteiger partial charge in [0.15, 0.2) is 0 Å². The maximum Gasteiger partial charge on any atom is 0.240 e. The van der Waals surface area contributed by atoms with Crippen molar-refractivity contribution in [2.24, 2.45) is 5.73 Å². The van der Waals surface area contributed by atoms with E-state index in [0.29, 0.717) is 0 Å². The van der Waals surface area contributed by atoms with Gasteiger partial charge in [-0.25, -0.2) is 4.98 Å². The molecule has 2 N–H and O–H groups in total. The summed E-state index contributed by atoms with van der Waals surface area (Å²) in [5.41, 5.74) is 5.50. The second kappa shape index (κ2) is 4.94. The lowest BCUT2D eigenvalue weighted by Crippen LogP contribution is -2.48. The van der Waals surface area contributed by atoms with E-state index >= 15 is 0 Å². The van der Waals surface area contributed by atoms with E-state index in [1.165, 1.54) is 11.3 Å². The molecular formula is C12H13ClN4OS. The van der Waals surface area contributed by atoms with Crippen LogP contribution < -0.4 is 10.6 Å². The zero-order chi connectivity index (χ0) is 13.4. The minimum Gasteiger partial charge on any atom is -0.368 e. The Morgan fingerprint density at radius 2 is 2.32 bits per heavy atom. The van der Waals surface area contributed by atoms with Crippen molar-refractivity contribution in [1.82, 2.24) is 9.97 Å². The zero-order valence-corrected chi connectivity index (χ0v) is 11.7. The molecular weight excluding hydrogens is 284 g/mol. The summed E-state index contributed by atoms with van der Waals surface area (Å²) in [4.78, 5) is 22.9. The summed E-state index contributed by atoms with van der Waals surface area (Å²) in [5, 5.41) is 3.09. The molecule has 1 amide bonds. The second-order valence-electron chi connectivity index (χ2n) is 4.56. The van der Waals surface area contributed by atoms with E-state index in [9.17, 15) is 4.79 Å². The first-order valence-electron chi connectivity index (χ1n) is 6.13. The molecule has 0 saturated carbocycles. The third-order valence-electron chi connectivity index (χ3n) is 3.38. The normalized spacial score (nSPS) is 19.8. The molecule has 0 radical (unpaired) electrons. The Labute approximate surface area is 119 Å². The van der Waals surface area contributed by atoms with Crippen LogP contribution in [-0.4, -0.2) is 28.5 Å². The molecule has 2 aromatic heterocycles. The van der Waals surface area contributed by atoms with Crippen molar-refractivity contribution in [3.63, 3.8) is 0 Å². The van der Waals surface area contributed by atoms with E-state index in [-0.39, 0.29) is 17.2 Å². The quantitative estimate of drug-likeness (QED) is 0.862. The minimum absolute atomic E-state index is 0.207. The van der Waals surface area contributed by atoms with Crippen LogP contribution in [0.1, 0.15) is 19.3 Å². The first-order valence-corrected chi connectivity index (χ1v) is 7.39. The van der Waals surface area contributed by atoms with Crippen molar-refractivity contribution >= 4 is 44.9 Å². The minimum atomic E-state index is -0.308. The average molecular weight is 297 g/mol. The van der Waals surface area contributed by atoms with Gasteiger partial charge in [0.2, 0.25) is 11.2 Å². The molecule has 0 aromatic carbocycles. The van der Waals surface area contributed by atoms with E-state index in [1.807, 2.05) is 16.3 Å². The Bertz CT molecular complexity index is 629. The largest absolute Gasteiger partial charge is 0.368 e. The van der Waals surface area contributed by atoms with Gasteiger partial charge in [-0.3, -0.25) is 4.79 Å². The molecule has 5 nitrogen and oxygen atoms in total. The van der Waals surface area contributed by atoms with Crippen LogP contribution in [0.3, 0.4) is 0 Å². The summed E-state index contributed by atoms with van der Waals surface area (Å²) in [5.74, 6) is 0.414. The lowest BCUT2D eigenvalue weighted by Gasteiger charge is -2.34. The van der Waals surface area contributed by atoms with E-state index in [1.54, 1.807) is 0 Å². The third-order valence-corrected chi connectivity index (χ3v) is 4.36. The maximum atomic E-state index is 11.6. The van der Waals surface area contributed by atoms with Crippen LogP contribution in [0.5, 0.6) is 0 Å². The van der Waals surface area contributed by atoms with Crippen molar-refractivity contribution in [3.05, 3.63) is 16.7 Å². The number of piperidine rings is 1. The van der Waals surface area contributed by atoms with Crippen LogP contribution in [0.25, 0.3) is 10.2 Å². The highest BCUT2D eigenvalue weighted by Crippen LogP contribution is 2.32. The molecule has 7 heteroatoms. The molecule has 19 heavy (non-hydrogen) atoms. The molecule has 1 fully saturated rings. The van der Waals surface area contributed by atoms with Crippen LogP contribution in [0.15, 0.2) is 11.4 Å². The standard InChI is InChI=1S/C12H13ClN4OS/c13-12-15-10(7-4-6-19-11(7)16-12)17-5-2-1-3-8(17)9(14)18/h4,6,8H,1-3,5H2,(H2,14,18). The fraction of sp³-hybridized carbons (Fsp3) is 0.417. The van der Waals surface area contributed by atoms with Gasteiger partial charge in [-0.1, -0.05) is 0 Å². The Morgan fingerprint density at radius 3 is 3.11 bits per heavy atom. The molecule has 3 heterocycles. The number of carbonyl (C=O) groups is 1. The van der Waals surface area contributed by atoms with Gasteiger partial charge >= 0.3 is 0 Å². The van der Waals surface area contributed by atoms with Crippen LogP contribution in [0, 0.1) is 0 Å². The van der Waals surface area contributed by atoms with Crippen LogP contribution in [0.2, 0.25) is 5.28 Å². The third kappa shape index (κ3) is 2.26. The highest BCUT2D eigenvalue weighted by molar-refractivity contribution is 7.16. The van der Waals surface area contributed by atoms with Gasteiger partial charge in [0.25, 0.3) is 0 Å². The molecule has 1 atom stereocenters. The van der Waals surface area contributed by atoms with Gasteiger partial charge < -0.3 is 10.6 Å². The van der Waals surface area contributed by atoms with Crippen molar-refractivity contribution in [3.8, 4) is 0 Å². The summed E-state index contributed by atoms with van der Waals surface area (Å²) in [6.07, 6.45) is 2.80. The number of hydrogen-bond acceptors (Lipinski definition) is 5. The van der Waals surface area contributed by atoms with Gasteiger partial charge in [0, 0.05) is 6.54 Å². The number of carbonyl (C=O) groups excluding carboxylic acids is 1. The molecule has 1 saturated heterocycles. The monoisotopic (exact) mass is 296 g/mol. The summed E-state index contributed by atoms with van der Waals surface area (Å²) in [6.45, 7) is 0.770. The number of primary amides is 1. The lowest BCUT2D eigenvalue weighted by atomic mass is 10.0. The van der Waals surface area contributed by atoms with Gasteiger partial charge in [-0.15, -0.1) is 11.3 Å². The summed E-state index contributed by atoms with van der Waals surface area (Å²) >= 11 is 7.48. The van der Waals surface area contributed by atoms with Gasteiger partial charge in [0.1, 0.15) is 16.7 Å². The molecule has 1 aliphatic heterocycles. The lowest BCUT2D eigenvalue weighted by molar-refractivity contribution is -0.119. The number of fused-ring (bicyclic) bond motifs is 1. The Kier molecular flexibility index (Phi) is 3.28. The number of thiophene rings is 1. The predicted molar refractivity (Wildman–Crippen MR) is 76.6 cm³/mol. The summed E-state index contributed by atoms with van der Waals surface area (Å²) in [7, 11) is 0. The Balaban J connectivity index is 2.11. The Morgan fingerprint density at radius 1 is 1.47 bits per heavy atom. The first kappa shape index (κ1) is 12.6. The van der Waals surface area contributed by atoms with Gasteiger partial charge in [-0.2, -0.15) is 4.98 Å². The number of hydrogen-bond donors (Lipinski definition) is 1. The summed E-state index contributed by atoms with van der Waals surface area (Å²) < 4.78 is 0. The maximum absolute atomic E-state index is 11.6. The molecule has 2 aromatic rings. The van der Waals surface area contributed by atoms with Gasteiger partial charge in [-0.05, 0) is 42.3 Å². The molecule has 0 aliphatic carbocycles. The van der Waals surface area contributed by atoms with E-state index < -0.39 is 0 Å². The molecule has 0 bridgehead atoms. The Hall–Kier alpha value is -1.40. The zero-order valence-electron chi connectivity index (χ0n) is 10.2. The number of rotatable bonds is 2. The molecule has 0 spiro atoms. The fourth-order valence-electron chi connectivity index (χ4n) is 2.51. The van der Waals surface area contributed by atoms with Crippen LogP contribution in [-0.2, 0) is 4.79 Å². The topological polar surface area (TPSA) is 72.1 Å². The van der Waals surface area contributed by atoms with Crippen molar-refractivity contribution < 1.29 is 4.79 Å². The molecule has 1 aliphatic rings. The number of halogens is 1. The SMILES string of the molecule is NC(=O)C1CCCCN1c1nc(Cl)nc2sccc12. The first-order chi connectivity index (χ1) is 9.16. The highest BCUT2D eigenvalue weighted by atomic mass is 35.5. The predicted octanol–water partition coefficient (Wildman–Crippen LogP) is 2.19. The van der Waals surface area contributed by atoms with E-state index in [2.05, 4.69) is 9.97 Å². The molecule has 3 rings (SSSR count). The van der Waals surface area contributed by atoms with Crippen molar-refractivity contribution in [2.45, 2.75) is 25.3 Å². The number of anilines is 1. The van der Waals surface area contributed by atoms with Crippen LogP contribution in [0.4, 0.5) is 5.82 Å². The van der Waals surface area contributed by atoms with E-state index in [4.69, 9.17) is 17.3 Å². The van der Waals surface area contributed by atoms with Crippen LogP contribution >= 0.6 is 22.9 Å². The highest BCUT2D eigenvalue weighted by Gasteiger charge is 2.29. The second-order valence-corrected chi connectivity index (χ2v) is 5.80. The molecule has 1 unspecified atom stereocenters. The fourth-order valence-corrected chi connectivity index (χ4v) is 3.49. The van der Waals surface area contributed by atoms with Crippen molar-refractivity contribution in [1.29, 1.82) is 0 Å².